The fraction of sp³-hybridized carbons (Fsp3) is 0.714. The van der Waals surface area contributed by atoms with Gasteiger partial charge in [0.15, 0.2) is 0 Å². The molecule has 1 aromatic rings. The quantitative estimate of drug-likeness (QED) is 0.790. The number of hydrogen-bond donors (Lipinski definition) is 2. The number of nitrogens with zero attached hydrogens (tertiary/aromatic N) is 3. The van der Waals surface area contributed by atoms with Gasteiger partial charge in [0.1, 0.15) is 17.5 Å². The molecular weight excluding hydrogens is 238 g/mol. The highest BCUT2D eigenvalue weighted by atomic mass is 15.1. The van der Waals surface area contributed by atoms with E-state index in [0.717, 1.165) is 37.0 Å². The van der Waals surface area contributed by atoms with Crippen LogP contribution in [0.3, 0.4) is 0 Å². The summed E-state index contributed by atoms with van der Waals surface area (Å²) in [5.74, 6) is 2.61. The fourth-order valence-electron chi connectivity index (χ4n) is 2.12. The molecule has 5 heteroatoms. The lowest BCUT2D eigenvalue weighted by atomic mass is 9.93. The highest BCUT2D eigenvalue weighted by Gasteiger charge is 2.19. The van der Waals surface area contributed by atoms with Gasteiger partial charge in [0.05, 0.1) is 0 Å². The largest absolute Gasteiger partial charge is 0.373 e. The van der Waals surface area contributed by atoms with Crippen molar-refractivity contribution in [2.24, 2.45) is 5.41 Å². The molecule has 0 saturated carbocycles. The first-order valence-corrected chi connectivity index (χ1v) is 6.80. The first kappa shape index (κ1) is 15.7. The molecule has 0 spiro atoms. The highest BCUT2D eigenvalue weighted by molar-refractivity contribution is 5.47. The van der Waals surface area contributed by atoms with E-state index in [4.69, 9.17) is 0 Å². The topological polar surface area (TPSA) is 53.1 Å². The molecule has 1 heterocycles. The lowest BCUT2D eigenvalue weighted by Crippen LogP contribution is -2.34. The maximum atomic E-state index is 4.51. The van der Waals surface area contributed by atoms with Crippen LogP contribution in [0.2, 0.25) is 0 Å². The molecule has 19 heavy (non-hydrogen) atoms. The number of nitrogens with one attached hydrogen (secondary N) is 2. The zero-order valence-corrected chi connectivity index (χ0v) is 13.0. The summed E-state index contributed by atoms with van der Waals surface area (Å²) in [6, 6.07) is 1.95. The Kier molecular flexibility index (Phi) is 5.54. The second kappa shape index (κ2) is 6.70. The Morgan fingerprint density at radius 3 is 2.37 bits per heavy atom. The Hall–Kier alpha value is -1.36. The summed E-state index contributed by atoms with van der Waals surface area (Å²) >= 11 is 0. The molecule has 108 valence electrons. The number of hydrogen-bond acceptors (Lipinski definition) is 5. The van der Waals surface area contributed by atoms with Gasteiger partial charge in [-0.25, -0.2) is 9.97 Å². The third kappa shape index (κ3) is 5.42. The smallest absolute Gasteiger partial charge is 0.132 e. The van der Waals surface area contributed by atoms with Gasteiger partial charge in [0.2, 0.25) is 0 Å². The minimum Gasteiger partial charge on any atom is -0.373 e. The van der Waals surface area contributed by atoms with Crippen molar-refractivity contribution in [1.82, 2.24) is 14.9 Å². The van der Waals surface area contributed by atoms with Gasteiger partial charge in [0, 0.05) is 32.6 Å². The molecule has 0 bridgehead atoms. The predicted molar refractivity (Wildman–Crippen MR) is 81.8 cm³/mol. The number of anilines is 2. The van der Waals surface area contributed by atoms with E-state index < -0.39 is 0 Å². The Balaban J connectivity index is 2.71. The first-order valence-electron chi connectivity index (χ1n) is 6.80. The summed E-state index contributed by atoms with van der Waals surface area (Å²) < 4.78 is 0. The van der Waals surface area contributed by atoms with E-state index in [0.29, 0.717) is 0 Å². The number of aryl methyl sites for hydroxylation is 1. The maximum absolute atomic E-state index is 4.51. The zero-order chi connectivity index (χ0) is 14.5. The highest BCUT2D eigenvalue weighted by Crippen LogP contribution is 2.18. The molecule has 0 aliphatic heterocycles. The molecule has 1 aromatic heterocycles. The lowest BCUT2D eigenvalue weighted by Gasteiger charge is -2.28. The normalized spacial score (nSPS) is 11.7. The van der Waals surface area contributed by atoms with E-state index in [1.54, 1.807) is 0 Å². The second-order valence-electron chi connectivity index (χ2n) is 5.91. The molecule has 0 unspecified atom stereocenters. The van der Waals surface area contributed by atoms with E-state index in [2.05, 4.69) is 60.4 Å². The Labute approximate surface area is 116 Å². The van der Waals surface area contributed by atoms with Crippen molar-refractivity contribution < 1.29 is 0 Å². The average Bonchev–Trinajstić information content (AvgIpc) is 2.34. The number of rotatable bonds is 7. The van der Waals surface area contributed by atoms with Crippen LogP contribution in [0.4, 0.5) is 11.6 Å². The minimum absolute atomic E-state index is 0.195. The summed E-state index contributed by atoms with van der Waals surface area (Å²) in [4.78, 5) is 11.1. The van der Waals surface area contributed by atoms with Crippen molar-refractivity contribution in [1.29, 1.82) is 0 Å². The molecule has 1 rings (SSSR count). The monoisotopic (exact) mass is 265 g/mol. The molecule has 0 saturated heterocycles. The maximum Gasteiger partial charge on any atom is 0.132 e. The first-order chi connectivity index (χ1) is 8.86. The van der Waals surface area contributed by atoms with Gasteiger partial charge in [0.25, 0.3) is 0 Å². The number of aromatic nitrogens is 2. The van der Waals surface area contributed by atoms with Crippen LogP contribution in [0.15, 0.2) is 6.07 Å². The van der Waals surface area contributed by atoms with Gasteiger partial charge in [-0.1, -0.05) is 20.8 Å². The second-order valence-corrected chi connectivity index (χ2v) is 5.91. The van der Waals surface area contributed by atoms with Crippen molar-refractivity contribution in [3.8, 4) is 0 Å². The summed E-state index contributed by atoms with van der Waals surface area (Å²) in [6.45, 7) is 8.48. The van der Waals surface area contributed by atoms with Crippen molar-refractivity contribution in [2.45, 2.75) is 27.2 Å². The van der Waals surface area contributed by atoms with Crippen molar-refractivity contribution in [3.63, 3.8) is 0 Å². The van der Waals surface area contributed by atoms with Crippen LogP contribution in [0.25, 0.3) is 0 Å². The molecule has 0 atom stereocenters. The Bertz CT molecular complexity index is 379. The van der Waals surface area contributed by atoms with E-state index in [1.165, 1.54) is 0 Å². The van der Waals surface area contributed by atoms with Crippen molar-refractivity contribution in [3.05, 3.63) is 11.9 Å². The van der Waals surface area contributed by atoms with Crippen LogP contribution >= 0.6 is 0 Å². The van der Waals surface area contributed by atoms with Gasteiger partial charge in [-0.2, -0.15) is 0 Å². The van der Waals surface area contributed by atoms with Crippen LogP contribution in [-0.2, 0) is 6.42 Å². The molecule has 5 nitrogen and oxygen atoms in total. The minimum atomic E-state index is 0.195. The van der Waals surface area contributed by atoms with E-state index in [1.807, 2.05) is 13.1 Å². The molecular formula is C14H27N5. The Morgan fingerprint density at radius 2 is 1.84 bits per heavy atom. The van der Waals surface area contributed by atoms with E-state index in [9.17, 15) is 0 Å². The molecule has 0 fully saturated rings. The summed E-state index contributed by atoms with van der Waals surface area (Å²) in [5, 5.41) is 6.49. The van der Waals surface area contributed by atoms with E-state index >= 15 is 0 Å². The molecule has 0 amide bonds. The predicted octanol–water partition coefficient (Wildman–Crippen LogP) is 2.08. The SMILES string of the molecule is CCc1nc(NC)cc(NCC(C)(C)CN(C)C)n1. The summed E-state index contributed by atoms with van der Waals surface area (Å²) in [7, 11) is 6.07. The lowest BCUT2D eigenvalue weighted by molar-refractivity contribution is 0.254. The van der Waals surface area contributed by atoms with Gasteiger partial charge in [-0.05, 0) is 19.5 Å². The van der Waals surface area contributed by atoms with Gasteiger partial charge >= 0.3 is 0 Å². The molecule has 0 aromatic carbocycles. The van der Waals surface area contributed by atoms with Gasteiger partial charge < -0.3 is 15.5 Å². The molecule has 0 aliphatic rings. The standard InChI is InChI=1S/C14H27N5/c1-7-11-17-12(15-4)8-13(18-11)16-9-14(2,3)10-19(5)6/h8H,7,9-10H2,1-6H3,(H2,15,16,17,18). The van der Waals surface area contributed by atoms with Gasteiger partial charge in [-0.15, -0.1) is 0 Å². The van der Waals surface area contributed by atoms with Crippen LogP contribution in [-0.4, -0.2) is 49.1 Å². The van der Waals surface area contributed by atoms with Crippen LogP contribution in [0, 0.1) is 5.41 Å². The van der Waals surface area contributed by atoms with Crippen LogP contribution in [0.5, 0.6) is 0 Å². The third-order valence-corrected chi connectivity index (χ3v) is 2.84. The third-order valence-electron chi connectivity index (χ3n) is 2.84. The van der Waals surface area contributed by atoms with Gasteiger partial charge in [-0.3, -0.25) is 0 Å². The summed E-state index contributed by atoms with van der Waals surface area (Å²) in [5.41, 5.74) is 0.195. The average molecular weight is 265 g/mol. The summed E-state index contributed by atoms with van der Waals surface area (Å²) in [6.07, 6.45) is 0.839. The van der Waals surface area contributed by atoms with Crippen molar-refractivity contribution >= 4 is 11.6 Å². The van der Waals surface area contributed by atoms with E-state index in [-0.39, 0.29) is 5.41 Å². The zero-order valence-electron chi connectivity index (χ0n) is 13.0. The molecule has 2 N–H and O–H groups in total. The molecule has 0 radical (unpaired) electrons. The molecule has 0 aliphatic carbocycles. The fourth-order valence-corrected chi connectivity index (χ4v) is 2.12. The van der Waals surface area contributed by atoms with Crippen molar-refractivity contribution in [2.75, 3.05) is 44.9 Å². The Morgan fingerprint density at radius 1 is 1.21 bits per heavy atom. The van der Waals surface area contributed by atoms with Crippen LogP contribution < -0.4 is 10.6 Å². The van der Waals surface area contributed by atoms with Crippen LogP contribution in [0.1, 0.15) is 26.6 Å².